The van der Waals surface area contributed by atoms with Crippen molar-refractivity contribution in [1.29, 1.82) is 0 Å². The van der Waals surface area contributed by atoms with Crippen molar-refractivity contribution in [2.45, 2.75) is 6.04 Å². The van der Waals surface area contributed by atoms with Crippen LogP contribution in [0.3, 0.4) is 0 Å². The second kappa shape index (κ2) is 7.43. The SMILES string of the molecule is COC(=O)[C@@H]1CN(C(=O)c2cccnc2)CCN1C(=O)c1cccs1. The van der Waals surface area contributed by atoms with E-state index in [0.29, 0.717) is 17.0 Å². The maximum atomic E-state index is 12.7. The van der Waals surface area contributed by atoms with Crippen LogP contribution >= 0.6 is 11.3 Å². The number of rotatable bonds is 3. The first kappa shape index (κ1) is 17.1. The lowest BCUT2D eigenvalue weighted by atomic mass is 10.1. The standard InChI is InChI=1S/C17H17N3O4S/c1-24-17(23)13-11-19(15(21)12-4-2-6-18-10-12)7-8-20(13)16(22)14-5-3-9-25-14/h2-6,9-10,13H,7-8,11H2,1H3/t13-/m0/s1. The van der Waals surface area contributed by atoms with Gasteiger partial charge in [-0.05, 0) is 23.6 Å². The van der Waals surface area contributed by atoms with E-state index in [0.717, 1.165) is 0 Å². The molecule has 7 nitrogen and oxygen atoms in total. The normalized spacial score (nSPS) is 17.2. The van der Waals surface area contributed by atoms with Crippen molar-refractivity contribution < 1.29 is 19.1 Å². The molecule has 2 aromatic heterocycles. The summed E-state index contributed by atoms with van der Waals surface area (Å²) in [6.45, 7) is 0.707. The van der Waals surface area contributed by atoms with Crippen LogP contribution in [0.1, 0.15) is 20.0 Å². The van der Waals surface area contributed by atoms with Crippen molar-refractivity contribution in [2.24, 2.45) is 0 Å². The third-order valence-corrected chi connectivity index (χ3v) is 4.90. The molecule has 3 rings (SSSR count). The van der Waals surface area contributed by atoms with E-state index in [1.54, 1.807) is 35.4 Å². The van der Waals surface area contributed by atoms with Gasteiger partial charge >= 0.3 is 5.97 Å². The number of carbonyl (C=O) groups is 3. The number of amides is 2. The number of methoxy groups -OCH3 is 1. The zero-order chi connectivity index (χ0) is 17.8. The Morgan fingerprint density at radius 3 is 2.68 bits per heavy atom. The number of hydrogen-bond donors (Lipinski definition) is 0. The number of pyridine rings is 1. The smallest absolute Gasteiger partial charge is 0.330 e. The highest BCUT2D eigenvalue weighted by Gasteiger charge is 2.38. The summed E-state index contributed by atoms with van der Waals surface area (Å²) in [5.74, 6) is -0.974. The molecule has 130 valence electrons. The minimum absolute atomic E-state index is 0.0948. The Bertz CT molecular complexity index is 763. The van der Waals surface area contributed by atoms with Crippen LogP contribution in [0.2, 0.25) is 0 Å². The molecular formula is C17H17N3O4S. The largest absolute Gasteiger partial charge is 0.467 e. The maximum Gasteiger partial charge on any atom is 0.330 e. The fourth-order valence-corrected chi connectivity index (χ4v) is 3.44. The molecule has 1 fully saturated rings. The fourth-order valence-electron chi connectivity index (χ4n) is 2.76. The first-order valence-corrected chi connectivity index (χ1v) is 8.61. The molecule has 1 aliphatic heterocycles. The van der Waals surface area contributed by atoms with Crippen molar-refractivity contribution in [2.75, 3.05) is 26.7 Å². The van der Waals surface area contributed by atoms with Gasteiger partial charge in [0.1, 0.15) is 6.04 Å². The van der Waals surface area contributed by atoms with Crippen LogP contribution in [0, 0.1) is 0 Å². The van der Waals surface area contributed by atoms with Crippen LogP contribution < -0.4 is 0 Å². The Morgan fingerprint density at radius 1 is 1.20 bits per heavy atom. The quantitative estimate of drug-likeness (QED) is 0.772. The monoisotopic (exact) mass is 359 g/mol. The molecule has 1 saturated heterocycles. The molecule has 25 heavy (non-hydrogen) atoms. The van der Waals surface area contributed by atoms with E-state index in [2.05, 4.69) is 4.98 Å². The average molecular weight is 359 g/mol. The van der Waals surface area contributed by atoms with Gasteiger partial charge in [0.25, 0.3) is 11.8 Å². The van der Waals surface area contributed by atoms with Gasteiger partial charge in [0, 0.05) is 25.5 Å². The van der Waals surface area contributed by atoms with Crippen LogP contribution in [0.5, 0.6) is 0 Å². The number of esters is 1. The van der Waals surface area contributed by atoms with Gasteiger partial charge in [-0.1, -0.05) is 6.07 Å². The summed E-state index contributed by atoms with van der Waals surface area (Å²) < 4.78 is 4.84. The van der Waals surface area contributed by atoms with Gasteiger partial charge < -0.3 is 14.5 Å². The van der Waals surface area contributed by atoms with Gasteiger partial charge in [-0.2, -0.15) is 0 Å². The molecular weight excluding hydrogens is 342 g/mol. The van der Waals surface area contributed by atoms with Gasteiger partial charge in [-0.3, -0.25) is 14.6 Å². The van der Waals surface area contributed by atoms with Crippen LogP contribution in [-0.2, 0) is 9.53 Å². The number of nitrogens with zero attached hydrogens (tertiary/aromatic N) is 3. The Balaban J connectivity index is 1.80. The molecule has 0 aliphatic carbocycles. The van der Waals surface area contributed by atoms with Crippen molar-refractivity contribution in [3.05, 3.63) is 52.5 Å². The highest BCUT2D eigenvalue weighted by molar-refractivity contribution is 7.12. The summed E-state index contributed by atoms with van der Waals surface area (Å²) in [5, 5.41) is 1.81. The second-order valence-electron chi connectivity index (χ2n) is 5.51. The number of ether oxygens (including phenoxy) is 1. The number of aromatic nitrogens is 1. The average Bonchev–Trinajstić information content (AvgIpc) is 3.21. The fraction of sp³-hybridized carbons (Fsp3) is 0.294. The molecule has 0 unspecified atom stereocenters. The summed E-state index contributed by atoms with van der Waals surface area (Å²) in [6, 6.07) is 6.03. The van der Waals surface area contributed by atoms with E-state index >= 15 is 0 Å². The van der Waals surface area contributed by atoms with E-state index in [9.17, 15) is 14.4 Å². The highest BCUT2D eigenvalue weighted by atomic mass is 32.1. The van der Waals surface area contributed by atoms with E-state index in [4.69, 9.17) is 4.74 Å². The molecule has 1 aliphatic rings. The molecule has 1 atom stereocenters. The summed E-state index contributed by atoms with van der Waals surface area (Å²) in [5.41, 5.74) is 0.448. The van der Waals surface area contributed by atoms with Crippen molar-refractivity contribution >= 4 is 29.1 Å². The zero-order valence-electron chi connectivity index (χ0n) is 13.6. The maximum absolute atomic E-state index is 12.7. The lowest BCUT2D eigenvalue weighted by Gasteiger charge is -2.39. The molecule has 3 heterocycles. The third kappa shape index (κ3) is 3.53. The van der Waals surface area contributed by atoms with Crippen LogP contribution in [0.25, 0.3) is 0 Å². The summed E-state index contributed by atoms with van der Waals surface area (Å²) in [6.07, 6.45) is 3.07. The lowest BCUT2D eigenvalue weighted by Crippen LogP contribution is -2.59. The topological polar surface area (TPSA) is 79.8 Å². The minimum Gasteiger partial charge on any atom is -0.467 e. The third-order valence-electron chi connectivity index (χ3n) is 4.04. The summed E-state index contributed by atoms with van der Waals surface area (Å²) >= 11 is 1.32. The lowest BCUT2D eigenvalue weighted by molar-refractivity contribution is -0.147. The summed E-state index contributed by atoms with van der Waals surface area (Å²) in [4.78, 5) is 45.0. The van der Waals surface area contributed by atoms with E-state index < -0.39 is 12.0 Å². The zero-order valence-corrected chi connectivity index (χ0v) is 14.4. The Labute approximate surface area is 148 Å². The second-order valence-corrected chi connectivity index (χ2v) is 6.46. The molecule has 0 saturated carbocycles. The Kier molecular flexibility index (Phi) is 5.08. The Hall–Kier alpha value is -2.74. The first-order valence-electron chi connectivity index (χ1n) is 7.73. The van der Waals surface area contributed by atoms with E-state index in [1.165, 1.54) is 29.5 Å². The van der Waals surface area contributed by atoms with Crippen molar-refractivity contribution in [1.82, 2.24) is 14.8 Å². The molecule has 2 aromatic rings. The van der Waals surface area contributed by atoms with Crippen molar-refractivity contribution in [3.63, 3.8) is 0 Å². The molecule has 2 amide bonds. The van der Waals surface area contributed by atoms with Gasteiger partial charge in [0.2, 0.25) is 0 Å². The van der Waals surface area contributed by atoms with E-state index in [1.807, 2.05) is 5.38 Å². The van der Waals surface area contributed by atoms with E-state index in [-0.39, 0.29) is 24.9 Å². The molecule has 0 bridgehead atoms. The van der Waals surface area contributed by atoms with Gasteiger partial charge in [0.15, 0.2) is 0 Å². The first-order chi connectivity index (χ1) is 12.1. The Morgan fingerprint density at radius 2 is 2.04 bits per heavy atom. The molecule has 0 aromatic carbocycles. The van der Waals surface area contributed by atoms with Gasteiger partial charge in [-0.15, -0.1) is 11.3 Å². The number of carbonyl (C=O) groups excluding carboxylic acids is 3. The predicted molar refractivity (Wildman–Crippen MR) is 91.3 cm³/mol. The van der Waals surface area contributed by atoms with Crippen LogP contribution in [0.15, 0.2) is 42.0 Å². The van der Waals surface area contributed by atoms with Crippen LogP contribution in [0.4, 0.5) is 0 Å². The minimum atomic E-state index is -0.825. The molecule has 8 heteroatoms. The van der Waals surface area contributed by atoms with Crippen LogP contribution in [-0.4, -0.2) is 65.4 Å². The molecule has 0 N–H and O–H groups in total. The molecule has 0 radical (unpaired) electrons. The van der Waals surface area contributed by atoms with Crippen molar-refractivity contribution in [3.8, 4) is 0 Å². The number of hydrogen-bond acceptors (Lipinski definition) is 6. The predicted octanol–water partition coefficient (Wildman–Crippen LogP) is 1.28. The number of piperazine rings is 1. The summed E-state index contributed by atoms with van der Waals surface area (Å²) in [7, 11) is 1.28. The van der Waals surface area contributed by atoms with Gasteiger partial charge in [-0.25, -0.2) is 4.79 Å². The molecule has 0 spiro atoms. The number of thiophene rings is 1. The van der Waals surface area contributed by atoms with Gasteiger partial charge in [0.05, 0.1) is 24.1 Å². The highest BCUT2D eigenvalue weighted by Crippen LogP contribution is 2.19.